The van der Waals surface area contributed by atoms with Gasteiger partial charge in [0.25, 0.3) is 0 Å². The largest absolute Gasteiger partial charge is 0.496 e. The number of hydrogen-bond acceptors (Lipinski definition) is 6. The minimum atomic E-state index is -0.344. The summed E-state index contributed by atoms with van der Waals surface area (Å²) >= 11 is 0. The maximum Gasteiger partial charge on any atom is 0.338 e. The SMILES string of the molecule is COc1ccc(-n2c(=O)n(-c3cc(-n4c(=O)n(-c5ccc6oc7ccccc7c6c5)c5ccccc54)c(N)cc3N)c3ccccc32)cc1-c1ccccc1. The summed E-state index contributed by atoms with van der Waals surface area (Å²) in [7, 11) is 1.63. The topological polar surface area (TPSA) is 128 Å². The Balaban J connectivity index is 1.18. The second-order valence-corrected chi connectivity index (χ2v) is 13.4. The molecule has 0 radical (unpaired) electrons. The lowest BCUT2D eigenvalue weighted by molar-refractivity contribution is 0.416. The molecule has 7 aromatic carbocycles. The lowest BCUT2D eigenvalue weighted by Gasteiger charge is -2.14. The van der Waals surface area contributed by atoms with Gasteiger partial charge in [-0.3, -0.25) is 18.3 Å². The lowest BCUT2D eigenvalue weighted by Crippen LogP contribution is -2.25. The average molecular weight is 721 g/mol. The standard InChI is InChI=1S/C45H32N6O4/c1-54-41-21-19-28(23-31(41)27-11-3-2-4-12-27)48-35-14-6-8-16-37(35)50(44(48)52)39-26-40(34(47)25-33(39)46)51-38-17-9-7-15-36(38)49(45(51)53)29-20-22-43-32(24-29)30-13-5-10-18-42(30)55-43/h2-26H,46-47H2,1H3. The quantitative estimate of drug-likeness (QED) is 0.166. The van der Waals surface area contributed by atoms with E-state index in [1.54, 1.807) is 37.5 Å². The number of nitrogens with zero attached hydrogens (tertiary/aromatic N) is 4. The highest BCUT2D eigenvalue weighted by molar-refractivity contribution is 6.05. The van der Waals surface area contributed by atoms with Crippen LogP contribution < -0.4 is 27.6 Å². The number of rotatable bonds is 6. The Morgan fingerprint density at radius 1 is 0.491 bits per heavy atom. The van der Waals surface area contributed by atoms with Gasteiger partial charge in [-0.2, -0.15) is 0 Å². The van der Waals surface area contributed by atoms with Gasteiger partial charge in [-0.05, 0) is 84.4 Å². The van der Waals surface area contributed by atoms with Gasteiger partial charge in [0, 0.05) is 16.3 Å². The highest BCUT2D eigenvalue weighted by atomic mass is 16.5. The van der Waals surface area contributed by atoms with E-state index in [0.717, 1.165) is 33.1 Å². The molecule has 4 N–H and O–H groups in total. The van der Waals surface area contributed by atoms with Crippen molar-refractivity contribution in [3.63, 3.8) is 0 Å². The van der Waals surface area contributed by atoms with Crippen LogP contribution >= 0.6 is 0 Å². The molecule has 0 aliphatic rings. The fraction of sp³-hybridized carbons (Fsp3) is 0.0222. The van der Waals surface area contributed by atoms with Gasteiger partial charge in [0.2, 0.25) is 0 Å². The average Bonchev–Trinajstić information content (AvgIpc) is 3.84. The first-order valence-corrected chi connectivity index (χ1v) is 17.7. The van der Waals surface area contributed by atoms with Gasteiger partial charge in [0.15, 0.2) is 0 Å². The molecule has 10 rings (SSSR count). The van der Waals surface area contributed by atoms with Gasteiger partial charge in [0.1, 0.15) is 16.9 Å². The summed E-state index contributed by atoms with van der Waals surface area (Å²) in [6, 6.07) is 47.5. The van der Waals surface area contributed by atoms with Crippen molar-refractivity contribution >= 4 is 55.4 Å². The van der Waals surface area contributed by atoms with Crippen molar-refractivity contribution in [3.05, 3.63) is 173 Å². The van der Waals surface area contributed by atoms with Gasteiger partial charge in [0.05, 0.1) is 63.3 Å². The number of para-hydroxylation sites is 5. The third-order valence-electron chi connectivity index (χ3n) is 10.3. The zero-order chi connectivity index (χ0) is 37.4. The Hall–Kier alpha value is -7.72. The molecule has 10 heteroatoms. The number of benzene rings is 7. The zero-order valence-corrected chi connectivity index (χ0v) is 29.5. The van der Waals surface area contributed by atoms with Crippen LogP contribution in [0.4, 0.5) is 11.4 Å². The van der Waals surface area contributed by atoms with Crippen molar-refractivity contribution in [2.75, 3.05) is 18.6 Å². The van der Waals surface area contributed by atoms with Crippen molar-refractivity contribution in [2.24, 2.45) is 0 Å². The molecule has 0 fully saturated rings. The van der Waals surface area contributed by atoms with E-state index >= 15 is 0 Å². The Kier molecular flexibility index (Phi) is 7.08. The van der Waals surface area contributed by atoms with Crippen LogP contribution in [0.25, 0.3) is 77.9 Å². The second kappa shape index (κ2) is 12.2. The Morgan fingerprint density at radius 3 is 1.62 bits per heavy atom. The first-order valence-electron chi connectivity index (χ1n) is 17.7. The molecule has 55 heavy (non-hydrogen) atoms. The van der Waals surface area contributed by atoms with Crippen molar-refractivity contribution in [1.29, 1.82) is 0 Å². The van der Waals surface area contributed by atoms with E-state index in [4.69, 9.17) is 20.6 Å². The van der Waals surface area contributed by atoms with E-state index in [0.29, 0.717) is 50.6 Å². The van der Waals surface area contributed by atoms with Crippen LogP contribution in [0.1, 0.15) is 0 Å². The monoisotopic (exact) mass is 720 g/mol. The number of furan rings is 1. The zero-order valence-electron chi connectivity index (χ0n) is 29.5. The molecule has 10 aromatic rings. The van der Waals surface area contributed by atoms with Gasteiger partial charge >= 0.3 is 11.4 Å². The number of hydrogen-bond donors (Lipinski definition) is 2. The smallest absolute Gasteiger partial charge is 0.338 e. The van der Waals surface area contributed by atoms with Crippen molar-refractivity contribution in [3.8, 4) is 39.6 Å². The first kappa shape index (κ1) is 32.0. The van der Waals surface area contributed by atoms with Crippen LogP contribution in [0.15, 0.2) is 166 Å². The highest BCUT2D eigenvalue weighted by Crippen LogP contribution is 2.36. The van der Waals surface area contributed by atoms with E-state index < -0.39 is 0 Å². The summed E-state index contributed by atoms with van der Waals surface area (Å²) in [6.07, 6.45) is 0. The molecular formula is C45H32N6O4. The van der Waals surface area contributed by atoms with E-state index in [2.05, 4.69) is 0 Å². The molecule has 3 aromatic heterocycles. The molecule has 266 valence electrons. The van der Waals surface area contributed by atoms with Crippen molar-refractivity contribution in [1.82, 2.24) is 18.3 Å². The first-order chi connectivity index (χ1) is 26.9. The minimum Gasteiger partial charge on any atom is -0.496 e. The van der Waals surface area contributed by atoms with Crippen LogP contribution in [-0.4, -0.2) is 25.4 Å². The summed E-state index contributed by atoms with van der Waals surface area (Å²) in [6.45, 7) is 0. The normalized spacial score (nSPS) is 11.7. The number of nitrogen functional groups attached to an aromatic ring is 2. The van der Waals surface area contributed by atoms with E-state index in [-0.39, 0.29) is 22.8 Å². The van der Waals surface area contributed by atoms with Crippen LogP contribution in [0.5, 0.6) is 5.75 Å². The Labute approximate surface area is 312 Å². The molecule has 0 amide bonds. The van der Waals surface area contributed by atoms with E-state index in [1.165, 1.54) is 0 Å². The molecule has 3 heterocycles. The minimum absolute atomic E-state index is 0.278. The van der Waals surface area contributed by atoms with Crippen LogP contribution in [-0.2, 0) is 0 Å². The predicted molar refractivity (Wildman–Crippen MR) is 219 cm³/mol. The summed E-state index contributed by atoms with van der Waals surface area (Å²) < 4.78 is 18.2. The van der Waals surface area contributed by atoms with Crippen LogP contribution in [0.3, 0.4) is 0 Å². The van der Waals surface area contributed by atoms with Gasteiger partial charge in [-0.1, -0.05) is 72.8 Å². The molecule has 0 saturated carbocycles. The summed E-state index contributed by atoms with van der Waals surface area (Å²) in [5.41, 5.74) is 21.3. The number of fused-ring (bicyclic) bond motifs is 5. The van der Waals surface area contributed by atoms with Gasteiger partial charge in [-0.25, -0.2) is 9.59 Å². The molecule has 0 bridgehead atoms. The fourth-order valence-corrected chi connectivity index (χ4v) is 7.79. The summed E-state index contributed by atoms with van der Waals surface area (Å²) in [4.78, 5) is 29.5. The van der Waals surface area contributed by atoms with Gasteiger partial charge < -0.3 is 20.6 Å². The fourth-order valence-electron chi connectivity index (χ4n) is 7.79. The van der Waals surface area contributed by atoms with Crippen LogP contribution in [0, 0.1) is 0 Å². The number of methoxy groups -OCH3 is 1. The number of imidazole rings is 2. The molecular weight excluding hydrogens is 689 g/mol. The third kappa shape index (κ3) is 4.81. The van der Waals surface area contributed by atoms with E-state index in [1.807, 2.05) is 140 Å². The second-order valence-electron chi connectivity index (χ2n) is 13.4. The van der Waals surface area contributed by atoms with Crippen molar-refractivity contribution < 1.29 is 9.15 Å². The molecule has 0 spiro atoms. The third-order valence-corrected chi connectivity index (χ3v) is 10.3. The number of nitrogens with two attached hydrogens (primary N) is 2. The van der Waals surface area contributed by atoms with Crippen molar-refractivity contribution in [2.45, 2.75) is 0 Å². The Morgan fingerprint density at radius 2 is 1.00 bits per heavy atom. The molecule has 0 aliphatic carbocycles. The van der Waals surface area contributed by atoms with E-state index in [9.17, 15) is 9.59 Å². The molecule has 0 saturated heterocycles. The lowest BCUT2D eigenvalue weighted by atomic mass is 10.0. The molecule has 0 unspecified atom stereocenters. The number of ether oxygens (including phenoxy) is 1. The maximum atomic E-state index is 14.8. The number of aromatic nitrogens is 4. The Bertz CT molecular complexity index is 3270. The maximum absolute atomic E-state index is 14.8. The van der Waals surface area contributed by atoms with Crippen LogP contribution in [0.2, 0.25) is 0 Å². The molecule has 10 nitrogen and oxygen atoms in total. The highest BCUT2D eigenvalue weighted by Gasteiger charge is 2.23. The van der Waals surface area contributed by atoms with Gasteiger partial charge in [-0.15, -0.1) is 0 Å². The predicted octanol–water partition coefficient (Wildman–Crippen LogP) is 8.62. The number of anilines is 2. The summed E-state index contributed by atoms with van der Waals surface area (Å²) in [5, 5.41) is 1.86. The molecule has 0 aliphatic heterocycles. The summed E-state index contributed by atoms with van der Waals surface area (Å²) in [5.74, 6) is 0.682. The molecule has 0 atom stereocenters.